The highest BCUT2D eigenvalue weighted by atomic mass is 35.5. The molecule has 11 heteroatoms. The zero-order chi connectivity index (χ0) is 27.2. The van der Waals surface area contributed by atoms with Gasteiger partial charge in [0.1, 0.15) is 13.2 Å². The van der Waals surface area contributed by atoms with Gasteiger partial charge >= 0.3 is 5.97 Å². The first-order chi connectivity index (χ1) is 18.3. The number of halogens is 1. The summed E-state index contributed by atoms with van der Waals surface area (Å²) in [6, 6.07) is 9.53. The topological polar surface area (TPSA) is 113 Å². The highest BCUT2D eigenvalue weighted by Crippen LogP contribution is 2.39. The second-order valence-electron chi connectivity index (χ2n) is 8.76. The molecular weight excluding hydrogens is 532 g/mol. The number of carboxylic acids is 1. The van der Waals surface area contributed by atoms with Crippen LogP contribution in [0.2, 0.25) is 5.02 Å². The lowest BCUT2D eigenvalue weighted by Crippen LogP contribution is -2.44. The summed E-state index contributed by atoms with van der Waals surface area (Å²) in [5.74, 6) is -1.11. The Kier molecular flexibility index (Phi) is 8.96. The molecule has 1 N–H and O–H groups in total. The van der Waals surface area contributed by atoms with Gasteiger partial charge in [0.25, 0.3) is 11.1 Å². The summed E-state index contributed by atoms with van der Waals surface area (Å²) >= 11 is 7.28. The predicted octanol–water partition coefficient (Wildman–Crippen LogP) is 5.06. The first-order valence-electron chi connectivity index (χ1n) is 12.2. The first kappa shape index (κ1) is 27.5. The van der Waals surface area contributed by atoms with E-state index in [1.807, 2.05) is 0 Å². The Morgan fingerprint density at radius 3 is 2.45 bits per heavy atom. The van der Waals surface area contributed by atoms with E-state index in [1.165, 1.54) is 12.1 Å². The molecule has 38 heavy (non-hydrogen) atoms. The van der Waals surface area contributed by atoms with Crippen LogP contribution in [0.4, 0.5) is 4.79 Å². The third kappa shape index (κ3) is 6.49. The average molecular weight is 559 g/mol. The van der Waals surface area contributed by atoms with Crippen molar-refractivity contribution in [3.63, 3.8) is 0 Å². The molecule has 0 aromatic heterocycles. The van der Waals surface area contributed by atoms with E-state index in [0.29, 0.717) is 36.8 Å². The Balaban J connectivity index is 1.49. The van der Waals surface area contributed by atoms with Crippen molar-refractivity contribution in [3.05, 3.63) is 63.0 Å². The van der Waals surface area contributed by atoms with E-state index in [0.717, 1.165) is 41.5 Å². The number of imide groups is 1. The third-order valence-corrected chi connectivity index (χ3v) is 7.28. The number of ether oxygens (including phenoxy) is 2. The number of amides is 3. The molecule has 200 valence electrons. The highest BCUT2D eigenvalue weighted by molar-refractivity contribution is 8.18. The summed E-state index contributed by atoms with van der Waals surface area (Å²) in [7, 11) is 0. The molecule has 0 aliphatic carbocycles. The van der Waals surface area contributed by atoms with Crippen LogP contribution < -0.4 is 9.47 Å². The number of rotatable bonds is 9. The molecule has 0 unspecified atom stereocenters. The van der Waals surface area contributed by atoms with Gasteiger partial charge in [0, 0.05) is 13.1 Å². The van der Waals surface area contributed by atoms with Crippen molar-refractivity contribution in [1.82, 2.24) is 9.80 Å². The maximum absolute atomic E-state index is 12.9. The maximum Gasteiger partial charge on any atom is 0.335 e. The minimum atomic E-state index is -1.01. The molecule has 9 nitrogen and oxygen atoms in total. The van der Waals surface area contributed by atoms with Gasteiger partial charge in [-0.05, 0) is 79.4 Å². The Morgan fingerprint density at radius 1 is 1.08 bits per heavy atom. The van der Waals surface area contributed by atoms with Crippen LogP contribution in [-0.2, 0) is 16.2 Å². The summed E-state index contributed by atoms with van der Waals surface area (Å²) in [6.07, 6.45) is 4.46. The van der Waals surface area contributed by atoms with Gasteiger partial charge in [-0.3, -0.25) is 19.3 Å². The molecule has 2 aliphatic rings. The predicted molar refractivity (Wildman–Crippen MR) is 143 cm³/mol. The molecule has 0 saturated carbocycles. The van der Waals surface area contributed by atoms with Crippen LogP contribution in [0.3, 0.4) is 0 Å². The minimum absolute atomic E-state index is 0.128. The van der Waals surface area contributed by atoms with E-state index >= 15 is 0 Å². The summed E-state index contributed by atoms with van der Waals surface area (Å²) in [5.41, 5.74) is 1.45. The normalized spacial score (nSPS) is 16.7. The minimum Gasteiger partial charge on any atom is -0.490 e. The van der Waals surface area contributed by atoms with Crippen molar-refractivity contribution >= 4 is 52.5 Å². The quantitative estimate of drug-likeness (QED) is 0.425. The SMILES string of the molecule is CCOc1cc(/C=C2\SC(=O)N(CC(=O)N3CCCCC3)C2=O)cc(Cl)c1OCc1ccc(C(=O)O)cc1. The monoisotopic (exact) mass is 558 g/mol. The van der Waals surface area contributed by atoms with E-state index in [4.69, 9.17) is 26.2 Å². The fourth-order valence-electron chi connectivity index (χ4n) is 4.14. The third-order valence-electron chi connectivity index (χ3n) is 6.09. The number of thioether (sulfide) groups is 1. The van der Waals surface area contributed by atoms with Gasteiger partial charge in [-0.1, -0.05) is 23.7 Å². The molecule has 2 aromatic rings. The number of carboxylic acid groups (broad SMARTS) is 1. The number of likely N-dealkylation sites (tertiary alicyclic amines) is 1. The summed E-state index contributed by atoms with van der Waals surface area (Å²) in [6.45, 7) is 3.28. The second kappa shape index (κ2) is 12.4. The number of piperidine rings is 1. The van der Waals surface area contributed by atoms with Gasteiger partial charge in [0.05, 0.1) is 22.1 Å². The number of aromatic carboxylic acids is 1. The molecule has 0 radical (unpaired) electrons. The van der Waals surface area contributed by atoms with E-state index < -0.39 is 17.1 Å². The van der Waals surface area contributed by atoms with E-state index in [-0.39, 0.29) is 34.6 Å². The Hall–Kier alpha value is -3.50. The molecule has 2 heterocycles. The lowest BCUT2D eigenvalue weighted by molar-refractivity contribution is -0.136. The van der Waals surface area contributed by atoms with E-state index in [1.54, 1.807) is 42.2 Å². The van der Waals surface area contributed by atoms with Crippen molar-refractivity contribution in [1.29, 1.82) is 0 Å². The number of benzene rings is 2. The van der Waals surface area contributed by atoms with Gasteiger partial charge in [-0.25, -0.2) is 4.79 Å². The number of nitrogens with zero attached hydrogens (tertiary/aromatic N) is 2. The Bertz CT molecular complexity index is 1270. The van der Waals surface area contributed by atoms with Crippen LogP contribution in [-0.4, -0.2) is 64.2 Å². The fraction of sp³-hybridized carbons (Fsp3) is 0.333. The maximum atomic E-state index is 12.9. The standard InChI is InChI=1S/C27H27ClN2O7S/c1-2-36-21-13-18(12-20(28)24(21)37-16-17-6-8-19(9-7-17)26(33)34)14-22-25(32)30(27(35)38-22)15-23(31)29-10-4-3-5-11-29/h6-9,12-14H,2-5,10-11,15-16H2,1H3,(H,33,34)/b22-14-. The lowest BCUT2D eigenvalue weighted by Gasteiger charge is -2.27. The van der Waals surface area contributed by atoms with Crippen LogP contribution in [0, 0.1) is 0 Å². The number of hydrogen-bond donors (Lipinski definition) is 1. The molecule has 0 atom stereocenters. The molecule has 0 spiro atoms. The number of hydrogen-bond acceptors (Lipinski definition) is 7. The summed E-state index contributed by atoms with van der Waals surface area (Å²) in [5, 5.41) is 8.80. The van der Waals surface area contributed by atoms with E-state index in [2.05, 4.69) is 0 Å². The Morgan fingerprint density at radius 2 is 1.79 bits per heavy atom. The number of carbonyl (C=O) groups is 4. The molecule has 4 rings (SSSR count). The van der Waals surface area contributed by atoms with Crippen LogP contribution in [0.5, 0.6) is 11.5 Å². The van der Waals surface area contributed by atoms with Gasteiger partial charge in [-0.2, -0.15) is 0 Å². The van der Waals surface area contributed by atoms with Crippen molar-refractivity contribution in [2.24, 2.45) is 0 Å². The molecule has 3 amide bonds. The van der Waals surface area contributed by atoms with Gasteiger partial charge in [0.2, 0.25) is 5.91 Å². The lowest BCUT2D eigenvalue weighted by atomic mass is 10.1. The smallest absolute Gasteiger partial charge is 0.335 e. The van der Waals surface area contributed by atoms with Gasteiger partial charge in [-0.15, -0.1) is 0 Å². The van der Waals surface area contributed by atoms with Crippen molar-refractivity contribution < 1.29 is 33.8 Å². The van der Waals surface area contributed by atoms with Gasteiger partial charge in [0.15, 0.2) is 11.5 Å². The largest absolute Gasteiger partial charge is 0.490 e. The van der Waals surface area contributed by atoms with Crippen LogP contribution in [0.15, 0.2) is 41.3 Å². The van der Waals surface area contributed by atoms with Gasteiger partial charge < -0.3 is 19.5 Å². The molecule has 2 aromatic carbocycles. The van der Waals surface area contributed by atoms with Crippen LogP contribution in [0.1, 0.15) is 47.7 Å². The zero-order valence-electron chi connectivity index (χ0n) is 20.8. The zero-order valence-corrected chi connectivity index (χ0v) is 22.3. The molecule has 2 fully saturated rings. The average Bonchev–Trinajstić information content (AvgIpc) is 3.16. The molecule has 2 saturated heterocycles. The van der Waals surface area contributed by atoms with Crippen molar-refractivity contribution in [2.75, 3.05) is 26.2 Å². The van der Waals surface area contributed by atoms with Crippen LogP contribution >= 0.6 is 23.4 Å². The molecule has 0 bridgehead atoms. The van der Waals surface area contributed by atoms with Crippen molar-refractivity contribution in [3.8, 4) is 11.5 Å². The van der Waals surface area contributed by atoms with Crippen molar-refractivity contribution in [2.45, 2.75) is 32.8 Å². The molecular formula is C27H27ClN2O7S. The van der Waals surface area contributed by atoms with Crippen LogP contribution in [0.25, 0.3) is 6.08 Å². The summed E-state index contributed by atoms with van der Waals surface area (Å²) in [4.78, 5) is 52.0. The second-order valence-corrected chi connectivity index (χ2v) is 10.2. The number of carbonyl (C=O) groups excluding carboxylic acids is 3. The molecule has 2 aliphatic heterocycles. The first-order valence-corrected chi connectivity index (χ1v) is 13.4. The Labute approximate surface area is 229 Å². The highest BCUT2D eigenvalue weighted by Gasteiger charge is 2.37. The van der Waals surface area contributed by atoms with E-state index in [9.17, 15) is 19.2 Å². The summed E-state index contributed by atoms with van der Waals surface area (Å²) < 4.78 is 11.6. The fourth-order valence-corrected chi connectivity index (χ4v) is 5.25.